The van der Waals surface area contributed by atoms with Crippen molar-refractivity contribution in [3.63, 3.8) is 0 Å². The number of hydrogen-bond acceptors (Lipinski definition) is 5. The summed E-state index contributed by atoms with van der Waals surface area (Å²) in [4.78, 5) is 23.8. The second-order valence-electron chi connectivity index (χ2n) is 4.05. The monoisotopic (exact) mass is 309 g/mol. The van der Waals surface area contributed by atoms with Crippen LogP contribution in [-0.4, -0.2) is 20.7 Å². The Labute approximate surface area is 121 Å². The first-order valence-electron chi connectivity index (χ1n) is 5.70. The maximum atomic E-state index is 12.2. The molecule has 0 spiro atoms. The Morgan fingerprint density at radius 2 is 2.00 bits per heavy atom. The number of benzene rings is 1. The fourth-order valence-corrected chi connectivity index (χ4v) is 3.70. The highest BCUT2D eigenvalue weighted by molar-refractivity contribution is 7.86. The highest BCUT2D eigenvalue weighted by atomic mass is 32.2. The molecule has 1 aromatic carbocycles. The van der Waals surface area contributed by atoms with Gasteiger partial charge in [-0.05, 0) is 25.1 Å². The predicted octanol–water partition coefficient (Wildman–Crippen LogP) is 2.96. The lowest BCUT2D eigenvalue weighted by Gasteiger charge is -2.02. The number of aryl methyl sites for hydroxylation is 1. The van der Waals surface area contributed by atoms with Gasteiger partial charge in [0.25, 0.3) is 5.69 Å². The molecule has 0 radical (unpaired) electrons. The molecule has 1 heterocycles. The summed E-state index contributed by atoms with van der Waals surface area (Å²) < 4.78 is 12.2. The highest BCUT2D eigenvalue weighted by Crippen LogP contribution is 2.23. The van der Waals surface area contributed by atoms with Crippen LogP contribution in [0.5, 0.6) is 0 Å². The Balaban J connectivity index is 2.21. The molecule has 0 aliphatic heterocycles. The fraction of sp³-hybridized carbons (Fsp3) is 0.154. The van der Waals surface area contributed by atoms with Crippen molar-refractivity contribution in [3.8, 4) is 0 Å². The van der Waals surface area contributed by atoms with Gasteiger partial charge in [0.05, 0.1) is 26.4 Å². The Morgan fingerprint density at radius 1 is 1.30 bits per heavy atom. The van der Waals surface area contributed by atoms with Gasteiger partial charge in [-0.2, -0.15) is 0 Å². The molecule has 5 nitrogen and oxygen atoms in total. The van der Waals surface area contributed by atoms with Crippen LogP contribution in [0.2, 0.25) is 0 Å². The zero-order valence-corrected chi connectivity index (χ0v) is 12.2. The van der Waals surface area contributed by atoms with Crippen molar-refractivity contribution < 1.29 is 13.9 Å². The molecule has 0 amide bonds. The largest absolute Gasteiger partial charge is 0.292 e. The smallest absolute Gasteiger partial charge is 0.285 e. The molecule has 1 atom stereocenters. The standard InChI is InChI=1S/C13H11NO4S2/c1-9-6-7-12(19-9)11(15)8-20(18)13-5-3-2-4-10(13)14(16)17/h2-7H,8H2,1H3. The number of rotatable bonds is 5. The molecule has 20 heavy (non-hydrogen) atoms. The first kappa shape index (κ1) is 14.5. The summed E-state index contributed by atoms with van der Waals surface area (Å²) in [6.45, 7) is 1.88. The second kappa shape index (κ2) is 6.06. The van der Waals surface area contributed by atoms with E-state index in [4.69, 9.17) is 0 Å². The van der Waals surface area contributed by atoms with Crippen molar-refractivity contribution in [1.82, 2.24) is 0 Å². The number of hydrogen-bond donors (Lipinski definition) is 0. The fourth-order valence-electron chi connectivity index (χ4n) is 1.65. The van der Waals surface area contributed by atoms with Crippen LogP contribution in [-0.2, 0) is 10.8 Å². The van der Waals surface area contributed by atoms with Crippen LogP contribution in [0.4, 0.5) is 5.69 Å². The van der Waals surface area contributed by atoms with E-state index in [1.54, 1.807) is 12.1 Å². The number of thiophene rings is 1. The molecule has 0 bridgehead atoms. The Morgan fingerprint density at radius 3 is 2.60 bits per heavy atom. The average Bonchev–Trinajstić information content (AvgIpc) is 2.85. The van der Waals surface area contributed by atoms with E-state index in [1.165, 1.54) is 29.5 Å². The summed E-state index contributed by atoms with van der Waals surface area (Å²) in [5.74, 6) is -0.510. The maximum Gasteiger partial charge on any atom is 0.285 e. The molecule has 1 unspecified atom stereocenters. The van der Waals surface area contributed by atoms with E-state index in [9.17, 15) is 19.1 Å². The number of nitro benzene ring substituents is 1. The van der Waals surface area contributed by atoms with Crippen LogP contribution in [0.1, 0.15) is 14.5 Å². The minimum absolute atomic E-state index is 0.0825. The van der Waals surface area contributed by atoms with E-state index < -0.39 is 15.7 Å². The molecule has 104 valence electrons. The van der Waals surface area contributed by atoms with E-state index in [1.807, 2.05) is 13.0 Å². The summed E-state index contributed by atoms with van der Waals surface area (Å²) >= 11 is 1.33. The van der Waals surface area contributed by atoms with Crippen LogP contribution in [0.3, 0.4) is 0 Å². The van der Waals surface area contributed by atoms with E-state index in [0.717, 1.165) is 4.88 Å². The van der Waals surface area contributed by atoms with Gasteiger partial charge >= 0.3 is 0 Å². The molecular formula is C13H11NO4S2. The van der Waals surface area contributed by atoms with Crippen molar-refractivity contribution in [2.75, 3.05) is 5.75 Å². The highest BCUT2D eigenvalue weighted by Gasteiger charge is 2.21. The molecule has 0 N–H and O–H groups in total. The third-order valence-electron chi connectivity index (χ3n) is 2.58. The van der Waals surface area contributed by atoms with E-state index in [-0.39, 0.29) is 22.1 Å². The Hall–Kier alpha value is -1.86. The van der Waals surface area contributed by atoms with Gasteiger partial charge in [-0.25, -0.2) is 0 Å². The summed E-state index contributed by atoms with van der Waals surface area (Å²) in [5.41, 5.74) is -0.221. The number of nitro groups is 1. The van der Waals surface area contributed by atoms with E-state index in [2.05, 4.69) is 0 Å². The quantitative estimate of drug-likeness (QED) is 0.483. The van der Waals surface area contributed by atoms with Crippen molar-refractivity contribution in [2.45, 2.75) is 11.8 Å². The number of nitrogens with zero attached hydrogens (tertiary/aromatic N) is 1. The number of carbonyl (C=O) groups is 1. The van der Waals surface area contributed by atoms with Crippen molar-refractivity contribution in [3.05, 3.63) is 56.3 Å². The second-order valence-corrected chi connectivity index (χ2v) is 6.76. The number of carbonyl (C=O) groups excluding carboxylic acids is 1. The summed E-state index contributed by atoms with van der Waals surface area (Å²) in [7, 11) is -1.72. The molecule has 0 fully saturated rings. The molecule has 0 saturated heterocycles. The van der Waals surface area contributed by atoms with Gasteiger partial charge in [0.1, 0.15) is 4.90 Å². The lowest BCUT2D eigenvalue weighted by molar-refractivity contribution is -0.387. The van der Waals surface area contributed by atoms with Crippen LogP contribution in [0.15, 0.2) is 41.3 Å². The minimum Gasteiger partial charge on any atom is -0.292 e. The van der Waals surface area contributed by atoms with Crippen LogP contribution >= 0.6 is 11.3 Å². The van der Waals surface area contributed by atoms with Gasteiger partial charge in [0.2, 0.25) is 0 Å². The van der Waals surface area contributed by atoms with E-state index >= 15 is 0 Å². The minimum atomic E-state index is -1.72. The number of para-hydroxylation sites is 1. The van der Waals surface area contributed by atoms with Crippen LogP contribution < -0.4 is 0 Å². The maximum absolute atomic E-state index is 12.2. The van der Waals surface area contributed by atoms with Gasteiger partial charge < -0.3 is 0 Å². The lowest BCUT2D eigenvalue weighted by atomic mass is 10.3. The lowest BCUT2D eigenvalue weighted by Crippen LogP contribution is -2.11. The van der Waals surface area contributed by atoms with Gasteiger partial charge in [0.15, 0.2) is 5.78 Å². The summed E-state index contributed by atoms with van der Waals surface area (Å²) in [5, 5.41) is 10.9. The Bertz CT molecular complexity index is 693. The number of ketones is 1. The molecule has 2 rings (SSSR count). The molecule has 7 heteroatoms. The average molecular weight is 309 g/mol. The third kappa shape index (κ3) is 3.17. The SMILES string of the molecule is Cc1ccc(C(=O)CS(=O)c2ccccc2[N+](=O)[O-])s1. The zero-order chi connectivity index (χ0) is 14.7. The molecule has 2 aromatic rings. The normalized spacial score (nSPS) is 12.1. The van der Waals surface area contributed by atoms with Crippen LogP contribution in [0.25, 0.3) is 0 Å². The third-order valence-corrected chi connectivity index (χ3v) is 4.99. The van der Waals surface area contributed by atoms with Crippen molar-refractivity contribution >= 4 is 33.6 Å². The summed E-state index contributed by atoms with van der Waals surface area (Å²) in [6, 6.07) is 9.27. The number of Topliss-reactive ketones (excluding diaryl/α,β-unsaturated/α-hetero) is 1. The van der Waals surface area contributed by atoms with Crippen molar-refractivity contribution in [1.29, 1.82) is 0 Å². The molecular weight excluding hydrogens is 298 g/mol. The Kier molecular flexibility index (Phi) is 4.41. The van der Waals surface area contributed by atoms with Gasteiger partial charge in [-0.3, -0.25) is 19.1 Å². The van der Waals surface area contributed by atoms with Crippen molar-refractivity contribution in [2.24, 2.45) is 0 Å². The van der Waals surface area contributed by atoms with Gasteiger partial charge in [0, 0.05) is 10.9 Å². The van der Waals surface area contributed by atoms with Crippen LogP contribution in [0, 0.1) is 17.0 Å². The van der Waals surface area contributed by atoms with E-state index in [0.29, 0.717) is 4.88 Å². The topological polar surface area (TPSA) is 77.3 Å². The molecule has 0 saturated carbocycles. The van der Waals surface area contributed by atoms with Gasteiger partial charge in [-0.15, -0.1) is 11.3 Å². The first-order valence-corrected chi connectivity index (χ1v) is 7.84. The summed E-state index contributed by atoms with van der Waals surface area (Å²) in [6.07, 6.45) is 0. The predicted molar refractivity (Wildman–Crippen MR) is 77.8 cm³/mol. The molecule has 0 aliphatic rings. The first-order chi connectivity index (χ1) is 9.49. The zero-order valence-electron chi connectivity index (χ0n) is 10.6. The molecule has 0 aliphatic carbocycles. The molecule has 1 aromatic heterocycles. The van der Waals surface area contributed by atoms with Gasteiger partial charge in [-0.1, -0.05) is 12.1 Å².